The Morgan fingerprint density at radius 2 is 1.81 bits per heavy atom. The summed E-state index contributed by atoms with van der Waals surface area (Å²) < 4.78 is 37.4. The maximum atomic E-state index is 12.4. The summed E-state index contributed by atoms with van der Waals surface area (Å²) in [5, 5.41) is 0. The number of ether oxygens (including phenoxy) is 2. The Morgan fingerprint density at radius 3 is 2.43 bits per heavy atom. The first-order valence-corrected chi connectivity index (χ1v) is 8.95. The normalized spacial score (nSPS) is 21.5. The van der Waals surface area contributed by atoms with Crippen molar-refractivity contribution in [1.82, 2.24) is 4.31 Å². The van der Waals surface area contributed by atoms with Gasteiger partial charge in [-0.3, -0.25) is 0 Å². The highest BCUT2D eigenvalue weighted by Crippen LogP contribution is 2.26. The van der Waals surface area contributed by atoms with Crippen LogP contribution >= 0.6 is 0 Å². The summed E-state index contributed by atoms with van der Waals surface area (Å²) in [7, 11) is -3.45. The topological polar surface area (TPSA) is 55.8 Å². The van der Waals surface area contributed by atoms with Gasteiger partial charge in [0.1, 0.15) is 12.5 Å². The molecule has 116 valence electrons. The third-order valence-corrected chi connectivity index (χ3v) is 5.83. The molecule has 1 aliphatic carbocycles. The van der Waals surface area contributed by atoms with Gasteiger partial charge in [0.15, 0.2) is 0 Å². The van der Waals surface area contributed by atoms with Crippen molar-refractivity contribution in [3.63, 3.8) is 0 Å². The van der Waals surface area contributed by atoms with E-state index in [2.05, 4.69) is 0 Å². The Balaban J connectivity index is 1.70. The molecule has 2 fully saturated rings. The minimum absolute atomic E-state index is 0.142. The second-order valence-corrected chi connectivity index (χ2v) is 7.51. The Bertz CT molecular complexity index is 558. The van der Waals surface area contributed by atoms with Crippen molar-refractivity contribution in [2.45, 2.75) is 43.1 Å². The summed E-state index contributed by atoms with van der Waals surface area (Å²) in [6.45, 7) is 1.28. The monoisotopic (exact) mass is 311 g/mol. The molecule has 1 heterocycles. The molecule has 1 aromatic rings. The number of hydrogen-bond donors (Lipinski definition) is 0. The van der Waals surface area contributed by atoms with Crippen molar-refractivity contribution in [3.05, 3.63) is 24.3 Å². The molecule has 0 unspecified atom stereocenters. The van der Waals surface area contributed by atoms with Crippen LogP contribution in [-0.4, -0.2) is 38.7 Å². The van der Waals surface area contributed by atoms with Gasteiger partial charge in [0.25, 0.3) is 0 Å². The molecule has 0 N–H and O–H groups in total. The maximum Gasteiger partial charge on any atom is 0.245 e. The molecular weight excluding hydrogens is 290 g/mol. The molecule has 2 aliphatic rings. The molecule has 0 spiro atoms. The van der Waals surface area contributed by atoms with E-state index in [9.17, 15) is 8.42 Å². The second-order valence-electron chi connectivity index (χ2n) is 5.57. The molecule has 1 saturated carbocycles. The maximum absolute atomic E-state index is 12.4. The molecule has 1 saturated heterocycles. The van der Waals surface area contributed by atoms with Gasteiger partial charge in [0, 0.05) is 13.2 Å². The van der Waals surface area contributed by atoms with Crippen molar-refractivity contribution >= 4 is 10.0 Å². The average Bonchev–Trinajstić information content (AvgIpc) is 3.02. The SMILES string of the molecule is O=S(=O)(c1ccc(OC2CCCC2)cc1)N1CCCOC1. The lowest BCUT2D eigenvalue weighted by molar-refractivity contribution is 0.0313. The minimum Gasteiger partial charge on any atom is -0.490 e. The van der Waals surface area contributed by atoms with Gasteiger partial charge >= 0.3 is 0 Å². The number of benzene rings is 1. The molecule has 0 amide bonds. The van der Waals surface area contributed by atoms with Crippen LogP contribution in [0.2, 0.25) is 0 Å². The standard InChI is InChI=1S/C15H21NO4S/c17-21(18,16-10-3-11-19-12-16)15-8-6-14(7-9-15)20-13-4-1-2-5-13/h6-9,13H,1-5,10-12H2. The Kier molecular flexibility index (Phi) is 4.47. The van der Waals surface area contributed by atoms with Gasteiger partial charge in [-0.1, -0.05) is 0 Å². The van der Waals surface area contributed by atoms with Crippen molar-refractivity contribution < 1.29 is 17.9 Å². The lowest BCUT2D eigenvalue weighted by Crippen LogP contribution is -2.38. The van der Waals surface area contributed by atoms with E-state index in [1.165, 1.54) is 17.1 Å². The van der Waals surface area contributed by atoms with Crippen LogP contribution in [-0.2, 0) is 14.8 Å². The highest BCUT2D eigenvalue weighted by molar-refractivity contribution is 7.89. The zero-order valence-electron chi connectivity index (χ0n) is 12.0. The van der Waals surface area contributed by atoms with Crippen molar-refractivity contribution in [2.24, 2.45) is 0 Å². The van der Waals surface area contributed by atoms with E-state index in [1.54, 1.807) is 24.3 Å². The first-order chi connectivity index (χ1) is 10.2. The first kappa shape index (κ1) is 14.8. The van der Waals surface area contributed by atoms with E-state index in [0.717, 1.165) is 25.0 Å². The van der Waals surface area contributed by atoms with E-state index < -0.39 is 10.0 Å². The van der Waals surface area contributed by atoms with Crippen LogP contribution < -0.4 is 4.74 Å². The van der Waals surface area contributed by atoms with Crippen LogP contribution in [0, 0.1) is 0 Å². The third kappa shape index (κ3) is 3.39. The van der Waals surface area contributed by atoms with Gasteiger partial charge < -0.3 is 9.47 Å². The van der Waals surface area contributed by atoms with Crippen molar-refractivity contribution in [2.75, 3.05) is 19.9 Å². The molecule has 1 aromatic carbocycles. The van der Waals surface area contributed by atoms with E-state index in [1.807, 2.05) is 0 Å². The zero-order chi connectivity index (χ0) is 14.7. The summed E-state index contributed by atoms with van der Waals surface area (Å²) in [6.07, 6.45) is 5.62. The van der Waals surface area contributed by atoms with Gasteiger partial charge in [-0.15, -0.1) is 0 Å². The first-order valence-electron chi connectivity index (χ1n) is 7.51. The molecule has 6 heteroatoms. The average molecular weight is 311 g/mol. The van der Waals surface area contributed by atoms with Crippen LogP contribution in [0.15, 0.2) is 29.2 Å². The molecule has 0 radical (unpaired) electrons. The van der Waals surface area contributed by atoms with Gasteiger partial charge in [0.05, 0.1) is 11.0 Å². The molecule has 3 rings (SSSR count). The summed E-state index contributed by atoms with van der Waals surface area (Å²) >= 11 is 0. The largest absolute Gasteiger partial charge is 0.490 e. The quantitative estimate of drug-likeness (QED) is 0.856. The molecular formula is C15H21NO4S. The van der Waals surface area contributed by atoms with Crippen molar-refractivity contribution in [3.8, 4) is 5.75 Å². The number of hydrogen-bond acceptors (Lipinski definition) is 4. The molecule has 5 nitrogen and oxygen atoms in total. The predicted molar refractivity (Wildman–Crippen MR) is 78.7 cm³/mol. The molecule has 0 aromatic heterocycles. The minimum atomic E-state index is -3.45. The molecule has 0 atom stereocenters. The summed E-state index contributed by atoms with van der Waals surface area (Å²) in [4.78, 5) is 0.298. The molecule has 21 heavy (non-hydrogen) atoms. The number of sulfonamides is 1. The highest BCUT2D eigenvalue weighted by atomic mass is 32.2. The number of rotatable bonds is 4. The fourth-order valence-electron chi connectivity index (χ4n) is 2.80. The lowest BCUT2D eigenvalue weighted by Gasteiger charge is -2.26. The van der Waals surface area contributed by atoms with Crippen LogP contribution in [0.3, 0.4) is 0 Å². The summed E-state index contributed by atoms with van der Waals surface area (Å²) in [5.74, 6) is 0.746. The predicted octanol–water partition coefficient (Wildman–Crippen LogP) is 2.38. The van der Waals surface area contributed by atoms with Gasteiger partial charge in [-0.05, 0) is 56.4 Å². The van der Waals surface area contributed by atoms with Gasteiger partial charge in [-0.2, -0.15) is 4.31 Å². The van der Waals surface area contributed by atoms with Gasteiger partial charge in [0.2, 0.25) is 10.0 Å². The summed E-state index contributed by atoms with van der Waals surface area (Å²) in [5.41, 5.74) is 0. The number of nitrogens with zero attached hydrogens (tertiary/aromatic N) is 1. The Morgan fingerprint density at radius 1 is 1.10 bits per heavy atom. The highest BCUT2D eigenvalue weighted by Gasteiger charge is 2.26. The lowest BCUT2D eigenvalue weighted by atomic mass is 10.3. The smallest absolute Gasteiger partial charge is 0.245 e. The second kappa shape index (κ2) is 6.34. The zero-order valence-corrected chi connectivity index (χ0v) is 12.8. The van der Waals surface area contributed by atoms with E-state index >= 15 is 0 Å². The van der Waals surface area contributed by atoms with Crippen LogP contribution in [0.4, 0.5) is 0 Å². The molecule has 0 bridgehead atoms. The third-order valence-electron chi connectivity index (χ3n) is 4.00. The Labute approximate surface area is 125 Å². The van der Waals surface area contributed by atoms with E-state index in [4.69, 9.17) is 9.47 Å². The van der Waals surface area contributed by atoms with Gasteiger partial charge in [-0.25, -0.2) is 8.42 Å². The fraction of sp³-hybridized carbons (Fsp3) is 0.600. The fourth-order valence-corrected chi connectivity index (χ4v) is 4.16. The summed E-state index contributed by atoms with van der Waals surface area (Å²) in [6, 6.07) is 6.73. The van der Waals surface area contributed by atoms with Crippen LogP contribution in [0.25, 0.3) is 0 Å². The van der Waals surface area contributed by atoms with Crippen LogP contribution in [0.5, 0.6) is 5.75 Å². The Hall–Kier alpha value is -1.11. The van der Waals surface area contributed by atoms with Crippen molar-refractivity contribution in [1.29, 1.82) is 0 Å². The molecule has 1 aliphatic heterocycles. The van der Waals surface area contributed by atoms with Crippen LogP contribution in [0.1, 0.15) is 32.1 Å². The van der Waals surface area contributed by atoms with E-state index in [-0.39, 0.29) is 12.8 Å². The van der Waals surface area contributed by atoms with E-state index in [0.29, 0.717) is 18.0 Å².